The SMILES string of the molecule is CC([As])Oc1nc(N)nc(-c2ccco2)c1C#N. The zero-order valence-corrected chi connectivity index (χ0v) is 11.4. The molecular formula is C11H9AsN4O2. The van der Waals surface area contributed by atoms with Crippen LogP contribution in [0.2, 0.25) is 0 Å². The molecule has 0 saturated carbocycles. The van der Waals surface area contributed by atoms with Crippen LogP contribution in [0.5, 0.6) is 5.88 Å². The number of ether oxygens (including phenoxy) is 1. The second-order valence-electron chi connectivity index (χ2n) is 3.42. The van der Waals surface area contributed by atoms with Crippen molar-refractivity contribution in [1.29, 1.82) is 5.26 Å². The molecule has 2 aromatic rings. The summed E-state index contributed by atoms with van der Waals surface area (Å²) >= 11 is 2.30. The molecule has 2 aromatic heterocycles. The number of nitrogens with zero attached hydrogens (tertiary/aromatic N) is 3. The number of nitriles is 1. The monoisotopic (exact) mass is 304 g/mol. The van der Waals surface area contributed by atoms with E-state index in [-0.39, 0.29) is 22.3 Å². The van der Waals surface area contributed by atoms with Crippen molar-refractivity contribution in [3.05, 3.63) is 24.0 Å². The Morgan fingerprint density at radius 2 is 2.33 bits per heavy atom. The van der Waals surface area contributed by atoms with Gasteiger partial charge in [0.1, 0.15) is 0 Å². The normalized spacial score (nSPS) is 11.8. The first-order valence-corrected chi connectivity index (χ1v) is 6.16. The van der Waals surface area contributed by atoms with Crippen molar-refractivity contribution in [2.24, 2.45) is 0 Å². The Labute approximate surface area is 112 Å². The molecule has 0 saturated heterocycles. The molecule has 2 heterocycles. The molecule has 0 aliphatic rings. The summed E-state index contributed by atoms with van der Waals surface area (Å²) in [6.45, 7) is 1.81. The Morgan fingerprint density at radius 3 is 2.89 bits per heavy atom. The molecule has 0 spiro atoms. The van der Waals surface area contributed by atoms with Crippen LogP contribution >= 0.6 is 0 Å². The van der Waals surface area contributed by atoms with Crippen molar-refractivity contribution >= 4 is 22.8 Å². The number of rotatable bonds is 3. The average molecular weight is 304 g/mol. The molecule has 90 valence electrons. The molecule has 2 radical (unpaired) electrons. The van der Waals surface area contributed by atoms with Gasteiger partial charge in [0.05, 0.1) is 0 Å². The van der Waals surface area contributed by atoms with Crippen LogP contribution in [0.1, 0.15) is 12.5 Å². The summed E-state index contributed by atoms with van der Waals surface area (Å²) in [6, 6.07) is 5.41. The minimum atomic E-state index is -0.177. The molecular weight excluding hydrogens is 295 g/mol. The van der Waals surface area contributed by atoms with Gasteiger partial charge in [-0.1, -0.05) is 0 Å². The van der Waals surface area contributed by atoms with Gasteiger partial charge in [0, 0.05) is 0 Å². The molecule has 2 rings (SSSR count). The van der Waals surface area contributed by atoms with Crippen LogP contribution in [0.25, 0.3) is 11.5 Å². The van der Waals surface area contributed by atoms with Gasteiger partial charge in [-0.25, -0.2) is 0 Å². The van der Waals surface area contributed by atoms with Gasteiger partial charge >= 0.3 is 112 Å². The zero-order chi connectivity index (χ0) is 13.1. The Balaban J connectivity index is 2.60. The summed E-state index contributed by atoms with van der Waals surface area (Å²) in [5.41, 5.74) is 6.14. The van der Waals surface area contributed by atoms with E-state index in [1.807, 2.05) is 13.0 Å². The Kier molecular flexibility index (Phi) is 3.54. The van der Waals surface area contributed by atoms with Gasteiger partial charge in [0.2, 0.25) is 0 Å². The van der Waals surface area contributed by atoms with Gasteiger partial charge in [-0.15, -0.1) is 0 Å². The average Bonchev–Trinajstić information content (AvgIpc) is 2.80. The van der Waals surface area contributed by atoms with E-state index in [9.17, 15) is 5.26 Å². The van der Waals surface area contributed by atoms with Gasteiger partial charge in [0.25, 0.3) is 0 Å². The van der Waals surface area contributed by atoms with Crippen LogP contribution in [0.4, 0.5) is 5.95 Å². The van der Waals surface area contributed by atoms with Crippen molar-refractivity contribution < 1.29 is 9.15 Å². The van der Waals surface area contributed by atoms with E-state index < -0.39 is 0 Å². The van der Waals surface area contributed by atoms with Crippen LogP contribution in [0.3, 0.4) is 0 Å². The number of nitrogen functional groups attached to an aromatic ring is 1. The van der Waals surface area contributed by atoms with Crippen LogP contribution in [-0.2, 0) is 0 Å². The quantitative estimate of drug-likeness (QED) is 0.852. The van der Waals surface area contributed by atoms with Gasteiger partial charge in [0.15, 0.2) is 0 Å². The van der Waals surface area contributed by atoms with Crippen molar-refractivity contribution in [3.8, 4) is 23.4 Å². The first-order chi connectivity index (χ1) is 8.61. The van der Waals surface area contributed by atoms with Crippen LogP contribution in [-0.4, -0.2) is 31.7 Å². The van der Waals surface area contributed by atoms with E-state index in [1.165, 1.54) is 6.26 Å². The topological polar surface area (TPSA) is 98.0 Å². The van der Waals surface area contributed by atoms with Gasteiger partial charge < -0.3 is 0 Å². The summed E-state index contributed by atoms with van der Waals surface area (Å²) < 4.78 is 10.7. The number of furan rings is 1. The molecule has 18 heavy (non-hydrogen) atoms. The number of hydrogen-bond acceptors (Lipinski definition) is 6. The van der Waals surface area contributed by atoms with Crippen molar-refractivity contribution in [1.82, 2.24) is 9.97 Å². The first-order valence-electron chi connectivity index (χ1n) is 5.08. The van der Waals surface area contributed by atoms with Crippen molar-refractivity contribution in [3.63, 3.8) is 0 Å². The van der Waals surface area contributed by atoms with Crippen molar-refractivity contribution in [2.45, 2.75) is 11.8 Å². The fraction of sp³-hybridized carbons (Fsp3) is 0.182. The molecule has 0 aliphatic carbocycles. The molecule has 0 fully saturated rings. The van der Waals surface area contributed by atoms with E-state index in [4.69, 9.17) is 14.9 Å². The Morgan fingerprint density at radius 1 is 1.56 bits per heavy atom. The van der Waals surface area contributed by atoms with Crippen LogP contribution in [0, 0.1) is 11.3 Å². The molecule has 2 N–H and O–H groups in total. The van der Waals surface area contributed by atoms with Crippen LogP contribution < -0.4 is 10.5 Å². The molecule has 6 nitrogen and oxygen atoms in total. The standard InChI is InChI=1S/C11H9AsN4O2/c1-6(12)18-10-7(5-13)9(15-11(14)16-10)8-3-2-4-17-8/h2-4,6H,1H3,(H2,14,15,16). The van der Waals surface area contributed by atoms with Crippen LogP contribution in [0.15, 0.2) is 22.8 Å². The van der Waals surface area contributed by atoms with E-state index in [0.29, 0.717) is 11.5 Å². The second-order valence-corrected chi connectivity index (χ2v) is 4.94. The third-order valence-electron chi connectivity index (χ3n) is 2.04. The molecule has 1 atom stereocenters. The third-order valence-corrected chi connectivity index (χ3v) is 2.26. The Bertz CT molecular complexity index is 590. The number of hydrogen-bond donors (Lipinski definition) is 1. The Hall–Kier alpha value is -1.99. The van der Waals surface area contributed by atoms with E-state index in [0.717, 1.165) is 0 Å². The van der Waals surface area contributed by atoms with Gasteiger partial charge in [-0.05, 0) is 0 Å². The number of nitrogens with two attached hydrogens (primary N) is 1. The molecule has 0 aromatic carbocycles. The van der Waals surface area contributed by atoms with Gasteiger partial charge in [-0.3, -0.25) is 0 Å². The fourth-order valence-electron chi connectivity index (χ4n) is 1.40. The minimum absolute atomic E-state index is 0.0311. The number of anilines is 1. The summed E-state index contributed by atoms with van der Waals surface area (Å²) in [7, 11) is 0. The predicted molar refractivity (Wildman–Crippen MR) is 64.7 cm³/mol. The zero-order valence-electron chi connectivity index (χ0n) is 9.49. The maximum absolute atomic E-state index is 9.20. The molecule has 0 amide bonds. The van der Waals surface area contributed by atoms with E-state index in [1.54, 1.807) is 12.1 Å². The van der Waals surface area contributed by atoms with E-state index >= 15 is 0 Å². The summed E-state index contributed by atoms with van der Waals surface area (Å²) in [5, 5.41) is 9.20. The predicted octanol–water partition coefficient (Wildman–Crippen LogP) is 1.08. The van der Waals surface area contributed by atoms with Crippen molar-refractivity contribution in [2.75, 3.05) is 5.73 Å². The summed E-state index contributed by atoms with van der Waals surface area (Å²) in [5.74, 6) is 0.636. The third kappa shape index (κ3) is 2.47. The fourth-order valence-corrected chi connectivity index (χ4v) is 1.61. The van der Waals surface area contributed by atoms with Gasteiger partial charge in [-0.2, -0.15) is 0 Å². The maximum atomic E-state index is 9.20. The first kappa shape index (κ1) is 12.5. The summed E-state index contributed by atoms with van der Waals surface area (Å²) in [4.78, 5) is 7.77. The molecule has 0 bridgehead atoms. The molecule has 7 heteroatoms. The molecule has 1 unspecified atom stereocenters. The number of aromatic nitrogens is 2. The second kappa shape index (κ2) is 5.11. The molecule has 0 aliphatic heterocycles. The van der Waals surface area contributed by atoms with E-state index in [2.05, 4.69) is 26.8 Å². The summed E-state index contributed by atoms with van der Waals surface area (Å²) in [6.07, 6.45) is 1.49.